The minimum absolute atomic E-state index is 0.651. The highest BCUT2D eigenvalue weighted by Gasteiger charge is 1.99. The molecule has 0 bridgehead atoms. The first-order valence-electron chi connectivity index (χ1n) is 4.77. The molecule has 0 aliphatic carbocycles. The fourth-order valence-electron chi connectivity index (χ4n) is 1.25. The summed E-state index contributed by atoms with van der Waals surface area (Å²) in [5, 5.41) is 9.58. The molecule has 0 spiro atoms. The van der Waals surface area contributed by atoms with E-state index in [4.69, 9.17) is 11.0 Å². The number of rotatable bonds is 4. The fourth-order valence-corrected chi connectivity index (χ4v) is 1.76. The molecule has 1 rings (SSSR count). The summed E-state index contributed by atoms with van der Waals surface area (Å²) in [6.45, 7) is 0.651. The number of hydrogen-bond donors (Lipinski definition) is 1. The van der Waals surface area contributed by atoms with Gasteiger partial charge in [-0.25, -0.2) is 0 Å². The highest BCUT2D eigenvalue weighted by atomic mass is 79.9. The molecule has 78 valence electrons. The monoisotopic (exact) mass is 264 g/mol. The van der Waals surface area contributed by atoms with Gasteiger partial charge in [0.15, 0.2) is 0 Å². The summed E-state index contributed by atoms with van der Waals surface area (Å²) in [6.07, 6.45) is 4.91. The first-order valence-corrected chi connectivity index (χ1v) is 5.89. The van der Waals surface area contributed by atoms with Crippen LogP contribution in [-0.4, -0.2) is 6.54 Å². The van der Waals surface area contributed by atoms with Crippen LogP contribution in [-0.2, 0) is 5.33 Å². The second kappa shape index (κ2) is 6.39. The Bertz CT molecular complexity index is 391. The Morgan fingerprint density at radius 2 is 2.27 bits per heavy atom. The molecule has 1 aromatic carbocycles. The van der Waals surface area contributed by atoms with Crippen molar-refractivity contribution in [1.29, 1.82) is 5.26 Å². The number of nitriles is 1. The summed E-state index contributed by atoms with van der Waals surface area (Å²) in [5.74, 6) is 0. The van der Waals surface area contributed by atoms with E-state index in [-0.39, 0.29) is 0 Å². The fraction of sp³-hybridized carbons (Fsp3) is 0.250. The first kappa shape index (κ1) is 12.0. The topological polar surface area (TPSA) is 49.8 Å². The molecule has 0 amide bonds. The minimum atomic E-state index is 0.651. The van der Waals surface area contributed by atoms with Crippen molar-refractivity contribution in [1.82, 2.24) is 0 Å². The summed E-state index contributed by atoms with van der Waals surface area (Å²) in [6, 6.07) is 7.83. The van der Waals surface area contributed by atoms with Gasteiger partial charge in [-0.2, -0.15) is 5.26 Å². The molecule has 0 radical (unpaired) electrons. The van der Waals surface area contributed by atoms with Crippen molar-refractivity contribution in [2.24, 2.45) is 5.73 Å². The standard InChI is InChI=1S/C12H13BrN2/c13-8-12-5-4-10(9-15)7-11(12)3-1-2-6-14/h1,3-5,7H,2,6,8,14H2. The average molecular weight is 265 g/mol. The van der Waals surface area contributed by atoms with E-state index in [1.165, 1.54) is 5.56 Å². The number of hydrogen-bond acceptors (Lipinski definition) is 2. The molecule has 0 saturated carbocycles. The highest BCUT2D eigenvalue weighted by molar-refractivity contribution is 9.08. The van der Waals surface area contributed by atoms with Gasteiger partial charge in [-0.15, -0.1) is 0 Å². The number of nitrogens with two attached hydrogens (primary N) is 1. The second-order valence-corrected chi connectivity index (χ2v) is 3.70. The van der Waals surface area contributed by atoms with Crippen LogP contribution in [0.2, 0.25) is 0 Å². The lowest BCUT2D eigenvalue weighted by Gasteiger charge is -2.02. The van der Waals surface area contributed by atoms with Gasteiger partial charge in [0.2, 0.25) is 0 Å². The Hall–Kier alpha value is -1.11. The molecule has 0 unspecified atom stereocenters. The normalized spacial score (nSPS) is 10.5. The average Bonchev–Trinajstić information content (AvgIpc) is 2.29. The van der Waals surface area contributed by atoms with Crippen LogP contribution in [0.3, 0.4) is 0 Å². The molecule has 0 fully saturated rings. The predicted octanol–water partition coefficient (Wildman–Crippen LogP) is 2.82. The molecule has 0 heterocycles. The predicted molar refractivity (Wildman–Crippen MR) is 66.5 cm³/mol. The molecule has 0 aliphatic heterocycles. The van der Waals surface area contributed by atoms with Crippen molar-refractivity contribution >= 4 is 22.0 Å². The van der Waals surface area contributed by atoms with Gasteiger partial charge >= 0.3 is 0 Å². The van der Waals surface area contributed by atoms with Crippen molar-refractivity contribution in [3.63, 3.8) is 0 Å². The molecule has 2 N–H and O–H groups in total. The van der Waals surface area contributed by atoms with Gasteiger partial charge < -0.3 is 5.73 Å². The molecule has 0 aromatic heterocycles. The van der Waals surface area contributed by atoms with Crippen LogP contribution in [0.15, 0.2) is 24.3 Å². The molecule has 15 heavy (non-hydrogen) atoms. The van der Waals surface area contributed by atoms with Crippen LogP contribution < -0.4 is 5.73 Å². The van der Waals surface area contributed by atoms with Crippen molar-refractivity contribution < 1.29 is 0 Å². The van der Waals surface area contributed by atoms with Crippen LogP contribution in [0.5, 0.6) is 0 Å². The number of nitrogens with zero attached hydrogens (tertiary/aromatic N) is 1. The summed E-state index contributed by atoms with van der Waals surface area (Å²) in [5.41, 5.74) is 8.36. The lowest BCUT2D eigenvalue weighted by molar-refractivity contribution is 1.01. The zero-order chi connectivity index (χ0) is 11.1. The SMILES string of the molecule is N#Cc1ccc(CBr)c(C=CCCN)c1. The maximum absolute atomic E-state index is 8.79. The smallest absolute Gasteiger partial charge is 0.0991 e. The maximum atomic E-state index is 8.79. The summed E-state index contributed by atoms with van der Waals surface area (Å²) in [7, 11) is 0. The van der Waals surface area contributed by atoms with Crippen molar-refractivity contribution in [2.45, 2.75) is 11.8 Å². The Kier molecular flexibility index (Phi) is 5.09. The third-order valence-corrected chi connectivity index (χ3v) is 2.65. The van der Waals surface area contributed by atoms with E-state index < -0.39 is 0 Å². The van der Waals surface area contributed by atoms with E-state index in [2.05, 4.69) is 22.0 Å². The minimum Gasteiger partial charge on any atom is -0.330 e. The molecular formula is C12H13BrN2. The zero-order valence-corrected chi connectivity index (χ0v) is 10.00. The molecule has 1 aromatic rings. The molecular weight excluding hydrogens is 252 g/mol. The van der Waals surface area contributed by atoms with Gasteiger partial charge in [-0.1, -0.05) is 34.1 Å². The van der Waals surface area contributed by atoms with Gasteiger partial charge in [0.1, 0.15) is 0 Å². The van der Waals surface area contributed by atoms with Gasteiger partial charge in [0.05, 0.1) is 11.6 Å². The van der Waals surface area contributed by atoms with E-state index in [0.717, 1.165) is 17.3 Å². The van der Waals surface area contributed by atoms with E-state index >= 15 is 0 Å². The molecule has 0 aliphatic rings. The largest absolute Gasteiger partial charge is 0.330 e. The second-order valence-electron chi connectivity index (χ2n) is 3.14. The van der Waals surface area contributed by atoms with E-state index in [1.54, 1.807) is 0 Å². The first-order chi connectivity index (χ1) is 7.31. The number of halogens is 1. The molecule has 0 atom stereocenters. The van der Waals surface area contributed by atoms with Gasteiger partial charge in [-0.3, -0.25) is 0 Å². The molecule has 0 saturated heterocycles. The van der Waals surface area contributed by atoms with Gasteiger partial charge in [-0.05, 0) is 36.2 Å². The van der Waals surface area contributed by atoms with Crippen LogP contribution in [0.1, 0.15) is 23.1 Å². The summed E-state index contributed by atoms with van der Waals surface area (Å²) in [4.78, 5) is 0. The van der Waals surface area contributed by atoms with E-state index in [9.17, 15) is 0 Å². The molecule has 3 heteroatoms. The van der Waals surface area contributed by atoms with Gasteiger partial charge in [0.25, 0.3) is 0 Å². The number of benzene rings is 1. The van der Waals surface area contributed by atoms with Crippen molar-refractivity contribution in [3.8, 4) is 6.07 Å². The van der Waals surface area contributed by atoms with Gasteiger partial charge in [0, 0.05) is 5.33 Å². The Labute approximate surface area is 98.5 Å². The van der Waals surface area contributed by atoms with Crippen molar-refractivity contribution in [3.05, 3.63) is 41.0 Å². The van der Waals surface area contributed by atoms with Crippen molar-refractivity contribution in [2.75, 3.05) is 6.54 Å². The third-order valence-electron chi connectivity index (χ3n) is 2.05. The van der Waals surface area contributed by atoms with Crippen LogP contribution in [0.4, 0.5) is 0 Å². The summed E-state index contributed by atoms with van der Waals surface area (Å²) >= 11 is 3.42. The highest BCUT2D eigenvalue weighted by Crippen LogP contribution is 2.16. The molecule has 2 nitrogen and oxygen atoms in total. The Morgan fingerprint density at radius 3 is 2.87 bits per heavy atom. The van der Waals surface area contributed by atoms with Crippen LogP contribution in [0, 0.1) is 11.3 Å². The summed E-state index contributed by atoms with van der Waals surface area (Å²) < 4.78 is 0. The third kappa shape index (κ3) is 3.50. The quantitative estimate of drug-likeness (QED) is 0.851. The van der Waals surface area contributed by atoms with Crippen LogP contribution >= 0.6 is 15.9 Å². The lowest BCUT2D eigenvalue weighted by Crippen LogP contribution is -1.95. The van der Waals surface area contributed by atoms with Crippen LogP contribution in [0.25, 0.3) is 6.08 Å². The number of alkyl halides is 1. The zero-order valence-electron chi connectivity index (χ0n) is 8.41. The van der Waals surface area contributed by atoms with E-state index in [1.807, 2.05) is 30.4 Å². The lowest BCUT2D eigenvalue weighted by atomic mass is 10.0. The maximum Gasteiger partial charge on any atom is 0.0991 e. The van der Waals surface area contributed by atoms with E-state index in [0.29, 0.717) is 12.1 Å². The Morgan fingerprint density at radius 1 is 1.47 bits per heavy atom. The Balaban J connectivity index is 2.97.